The van der Waals surface area contributed by atoms with E-state index in [0.717, 1.165) is 31.2 Å². The lowest BCUT2D eigenvalue weighted by molar-refractivity contribution is 0.124. The van der Waals surface area contributed by atoms with Gasteiger partial charge in [0.15, 0.2) is 0 Å². The number of nitrogens with zero attached hydrogens (tertiary/aromatic N) is 5. The van der Waals surface area contributed by atoms with Gasteiger partial charge in [0, 0.05) is 45.0 Å². The lowest BCUT2D eigenvalue weighted by atomic mass is 9.95. The monoisotopic (exact) mass is 329 g/mol. The van der Waals surface area contributed by atoms with Gasteiger partial charge in [0.2, 0.25) is 0 Å². The fraction of sp³-hybridized carbons (Fsp3) is 0.588. The first-order chi connectivity index (χ1) is 11.3. The van der Waals surface area contributed by atoms with E-state index in [1.807, 2.05) is 12.3 Å². The van der Waals surface area contributed by atoms with Crippen LogP contribution in [0.3, 0.4) is 0 Å². The smallest absolute Gasteiger partial charge is 0.0769 e. The Balaban J connectivity index is 1.45. The van der Waals surface area contributed by atoms with Crippen LogP contribution >= 0.6 is 11.5 Å². The molecule has 23 heavy (non-hydrogen) atoms. The van der Waals surface area contributed by atoms with Gasteiger partial charge in [-0.1, -0.05) is 10.6 Å². The zero-order valence-electron chi connectivity index (χ0n) is 13.6. The standard InChI is InChI=1S/C17H23N5S/c1-13-17(23-20-19-13)12-22-9-14-5-6-16(22)11-21(8-14)10-15-4-2-3-7-18-15/h2-4,7,14,16H,5-6,8-12H2,1H3/t14-,16+/m0/s1. The molecule has 3 fully saturated rings. The van der Waals surface area contributed by atoms with E-state index in [0.29, 0.717) is 6.04 Å². The van der Waals surface area contributed by atoms with Crippen molar-refractivity contribution in [1.82, 2.24) is 24.4 Å². The second-order valence-electron chi connectivity index (χ2n) is 6.82. The van der Waals surface area contributed by atoms with E-state index in [4.69, 9.17) is 0 Å². The van der Waals surface area contributed by atoms with Crippen molar-refractivity contribution < 1.29 is 0 Å². The molecule has 2 atom stereocenters. The SMILES string of the molecule is Cc1nnsc1CN1C[C@H]2CC[C@@H]1CN(Cc1ccccn1)C2. The third-order valence-corrected chi connectivity index (χ3v) is 5.91. The fourth-order valence-corrected chi connectivity index (χ4v) is 4.56. The highest BCUT2D eigenvalue weighted by Gasteiger charge is 2.35. The second-order valence-corrected chi connectivity index (χ2v) is 7.66. The van der Waals surface area contributed by atoms with E-state index in [-0.39, 0.29) is 0 Å². The summed E-state index contributed by atoms with van der Waals surface area (Å²) < 4.78 is 4.09. The summed E-state index contributed by atoms with van der Waals surface area (Å²) in [5.41, 5.74) is 2.28. The zero-order chi connectivity index (χ0) is 15.6. The van der Waals surface area contributed by atoms with Crippen molar-refractivity contribution in [2.24, 2.45) is 5.92 Å². The van der Waals surface area contributed by atoms with Crippen LogP contribution in [0, 0.1) is 12.8 Å². The summed E-state index contributed by atoms with van der Waals surface area (Å²) in [6.07, 6.45) is 4.57. The highest BCUT2D eigenvalue weighted by atomic mass is 32.1. The van der Waals surface area contributed by atoms with Gasteiger partial charge in [0.25, 0.3) is 0 Å². The van der Waals surface area contributed by atoms with Crippen LogP contribution in [0.1, 0.15) is 29.1 Å². The van der Waals surface area contributed by atoms with Gasteiger partial charge in [-0.05, 0) is 49.3 Å². The molecule has 0 unspecified atom stereocenters. The Bertz CT molecular complexity index is 643. The highest BCUT2D eigenvalue weighted by molar-refractivity contribution is 7.05. The van der Waals surface area contributed by atoms with Crippen molar-refractivity contribution in [3.05, 3.63) is 40.7 Å². The van der Waals surface area contributed by atoms with Gasteiger partial charge in [-0.15, -0.1) is 5.10 Å². The number of hydrogen-bond acceptors (Lipinski definition) is 6. The summed E-state index contributed by atoms with van der Waals surface area (Å²) in [7, 11) is 0. The number of fused-ring (bicyclic) bond motifs is 4. The molecule has 2 aromatic rings. The third-order valence-electron chi connectivity index (χ3n) is 5.11. The van der Waals surface area contributed by atoms with Gasteiger partial charge in [-0.25, -0.2) is 0 Å². The maximum absolute atomic E-state index is 4.50. The molecule has 5 heterocycles. The Labute approximate surface area is 141 Å². The van der Waals surface area contributed by atoms with Crippen LogP contribution < -0.4 is 0 Å². The summed E-state index contributed by atoms with van der Waals surface area (Å²) in [6.45, 7) is 7.62. The Morgan fingerprint density at radius 2 is 2.13 bits per heavy atom. The van der Waals surface area contributed by atoms with Crippen LogP contribution in [0.25, 0.3) is 0 Å². The normalized spacial score (nSPS) is 25.6. The van der Waals surface area contributed by atoms with Crippen molar-refractivity contribution in [2.45, 2.75) is 38.9 Å². The molecule has 3 aliphatic heterocycles. The molecule has 0 N–H and O–H groups in total. The van der Waals surface area contributed by atoms with Crippen LogP contribution in [-0.2, 0) is 13.1 Å². The van der Waals surface area contributed by atoms with E-state index in [9.17, 15) is 0 Å². The first kappa shape index (κ1) is 15.2. The lowest BCUT2D eigenvalue weighted by Gasteiger charge is -2.35. The van der Waals surface area contributed by atoms with Crippen molar-refractivity contribution in [3.8, 4) is 0 Å². The molecule has 2 aromatic heterocycles. The minimum absolute atomic E-state index is 0.652. The van der Waals surface area contributed by atoms with Crippen LogP contribution in [0.2, 0.25) is 0 Å². The summed E-state index contributed by atoms with van der Waals surface area (Å²) in [5, 5.41) is 4.16. The number of pyridine rings is 1. The van der Waals surface area contributed by atoms with E-state index in [1.54, 1.807) is 11.5 Å². The van der Waals surface area contributed by atoms with Gasteiger partial charge in [0.1, 0.15) is 0 Å². The van der Waals surface area contributed by atoms with E-state index in [1.165, 1.54) is 36.5 Å². The molecule has 0 amide bonds. The van der Waals surface area contributed by atoms with E-state index in [2.05, 4.69) is 43.4 Å². The Kier molecular flexibility index (Phi) is 4.37. The third kappa shape index (κ3) is 3.44. The predicted octanol–water partition coefficient (Wildman–Crippen LogP) is 2.34. The number of rotatable bonds is 4. The zero-order valence-corrected chi connectivity index (χ0v) is 14.4. The summed E-state index contributed by atoms with van der Waals surface area (Å²) in [6, 6.07) is 6.86. The van der Waals surface area contributed by atoms with Gasteiger partial charge in [-0.3, -0.25) is 14.8 Å². The van der Waals surface area contributed by atoms with Crippen LogP contribution in [-0.4, -0.2) is 50.0 Å². The van der Waals surface area contributed by atoms with Crippen molar-refractivity contribution >= 4 is 11.5 Å². The molecule has 2 bridgehead atoms. The first-order valence-corrected chi connectivity index (χ1v) is 9.19. The van der Waals surface area contributed by atoms with Crippen molar-refractivity contribution in [1.29, 1.82) is 0 Å². The largest absolute Gasteiger partial charge is 0.296 e. The average Bonchev–Trinajstić information content (AvgIpc) is 2.78. The Hall–Kier alpha value is -1.37. The number of hydrogen-bond donors (Lipinski definition) is 0. The Morgan fingerprint density at radius 3 is 2.91 bits per heavy atom. The molecule has 5 rings (SSSR count). The molecule has 5 nitrogen and oxygen atoms in total. The molecule has 0 aromatic carbocycles. The van der Waals surface area contributed by atoms with Gasteiger partial charge >= 0.3 is 0 Å². The van der Waals surface area contributed by atoms with E-state index >= 15 is 0 Å². The van der Waals surface area contributed by atoms with Gasteiger partial charge in [0.05, 0.1) is 16.3 Å². The molecule has 122 valence electrons. The summed E-state index contributed by atoms with van der Waals surface area (Å²) >= 11 is 1.55. The molecule has 0 saturated carbocycles. The maximum Gasteiger partial charge on any atom is 0.0769 e. The van der Waals surface area contributed by atoms with Gasteiger partial charge < -0.3 is 0 Å². The number of piperidine rings is 1. The molecule has 6 heteroatoms. The maximum atomic E-state index is 4.50. The van der Waals surface area contributed by atoms with Crippen LogP contribution in [0.15, 0.2) is 24.4 Å². The minimum atomic E-state index is 0.652. The topological polar surface area (TPSA) is 45.2 Å². The molecule has 3 aliphatic rings. The van der Waals surface area contributed by atoms with Crippen LogP contribution in [0.4, 0.5) is 0 Å². The summed E-state index contributed by atoms with van der Waals surface area (Å²) in [4.78, 5) is 11.1. The second kappa shape index (κ2) is 6.63. The lowest BCUT2D eigenvalue weighted by Crippen LogP contribution is -2.43. The molecular weight excluding hydrogens is 306 g/mol. The number of aromatic nitrogens is 3. The number of aryl methyl sites for hydroxylation is 1. The Morgan fingerprint density at radius 1 is 1.17 bits per heavy atom. The molecule has 0 radical (unpaired) electrons. The van der Waals surface area contributed by atoms with Gasteiger partial charge in [-0.2, -0.15) is 0 Å². The fourth-order valence-electron chi connectivity index (χ4n) is 3.90. The molecule has 0 aliphatic carbocycles. The highest BCUT2D eigenvalue weighted by Crippen LogP contribution is 2.30. The van der Waals surface area contributed by atoms with Crippen molar-refractivity contribution in [3.63, 3.8) is 0 Å². The predicted molar refractivity (Wildman–Crippen MR) is 91.1 cm³/mol. The quantitative estimate of drug-likeness (QED) is 0.861. The average molecular weight is 329 g/mol. The first-order valence-electron chi connectivity index (χ1n) is 8.42. The molecular formula is C17H23N5S. The van der Waals surface area contributed by atoms with E-state index < -0.39 is 0 Å². The minimum Gasteiger partial charge on any atom is -0.296 e. The van der Waals surface area contributed by atoms with Crippen LogP contribution in [0.5, 0.6) is 0 Å². The van der Waals surface area contributed by atoms with Crippen molar-refractivity contribution in [2.75, 3.05) is 19.6 Å². The summed E-state index contributed by atoms with van der Waals surface area (Å²) in [5.74, 6) is 0.777. The molecule has 0 spiro atoms. The molecule has 3 saturated heterocycles.